The number of carbonyl (C=O) groups is 1. The van der Waals surface area contributed by atoms with Gasteiger partial charge in [-0.1, -0.05) is 24.3 Å². The minimum absolute atomic E-state index is 0.0311. The van der Waals surface area contributed by atoms with Crippen molar-refractivity contribution < 1.29 is 13.9 Å². The van der Waals surface area contributed by atoms with Gasteiger partial charge < -0.3 is 15.4 Å². The van der Waals surface area contributed by atoms with E-state index in [2.05, 4.69) is 35.5 Å². The average Bonchev–Trinajstić information content (AvgIpc) is 2.84. The van der Waals surface area contributed by atoms with Gasteiger partial charge in [-0.2, -0.15) is 9.37 Å². The molecule has 3 aromatic rings. The first-order valence-electron chi connectivity index (χ1n) is 11.3. The van der Waals surface area contributed by atoms with Crippen molar-refractivity contribution in [2.75, 3.05) is 39.3 Å². The van der Waals surface area contributed by atoms with Crippen LogP contribution in [0.15, 0.2) is 42.7 Å². The van der Waals surface area contributed by atoms with Gasteiger partial charge in [0.05, 0.1) is 24.2 Å². The number of aryl methyl sites for hydroxylation is 1. The molecule has 0 saturated carbocycles. The van der Waals surface area contributed by atoms with E-state index in [0.717, 1.165) is 44.0 Å². The Morgan fingerprint density at radius 2 is 1.94 bits per heavy atom. The van der Waals surface area contributed by atoms with Crippen molar-refractivity contribution >= 4 is 5.91 Å². The van der Waals surface area contributed by atoms with E-state index in [1.54, 1.807) is 43.5 Å². The van der Waals surface area contributed by atoms with Crippen LogP contribution >= 0.6 is 0 Å². The standard InChI is InChI=1S/C24H28FN7O2/c1-17-27-7-6-20(30-17)15-28-22(33)14-18-2-4-19(5-3-18)21-16-29-24(31-23(21)25)34-13-12-32-10-8-26-9-11-32/h2-7,16,26H,8-15H2,1H3,(H,28,33). The quantitative estimate of drug-likeness (QED) is 0.459. The normalized spacial score (nSPS) is 14.1. The number of hydrogen-bond donors (Lipinski definition) is 2. The van der Waals surface area contributed by atoms with Crippen molar-refractivity contribution in [2.45, 2.75) is 19.9 Å². The summed E-state index contributed by atoms with van der Waals surface area (Å²) < 4.78 is 20.1. The topological polar surface area (TPSA) is 105 Å². The van der Waals surface area contributed by atoms with Gasteiger partial charge in [0.25, 0.3) is 0 Å². The summed E-state index contributed by atoms with van der Waals surface area (Å²) in [4.78, 5) is 30.8. The molecule has 1 saturated heterocycles. The lowest BCUT2D eigenvalue weighted by molar-refractivity contribution is -0.120. The van der Waals surface area contributed by atoms with Crippen LogP contribution in [0.2, 0.25) is 0 Å². The molecular weight excluding hydrogens is 437 g/mol. The Kier molecular flexibility index (Phi) is 8.05. The molecule has 0 bridgehead atoms. The number of rotatable bonds is 9. The van der Waals surface area contributed by atoms with Crippen molar-refractivity contribution in [1.29, 1.82) is 0 Å². The van der Waals surface area contributed by atoms with Gasteiger partial charge in [-0.05, 0) is 24.1 Å². The van der Waals surface area contributed by atoms with Crippen LogP contribution in [0.3, 0.4) is 0 Å². The largest absolute Gasteiger partial charge is 0.462 e. The summed E-state index contributed by atoms with van der Waals surface area (Å²) in [7, 11) is 0. The number of amides is 1. The molecule has 0 radical (unpaired) electrons. The second-order valence-electron chi connectivity index (χ2n) is 8.04. The zero-order chi connectivity index (χ0) is 23.8. The van der Waals surface area contributed by atoms with E-state index in [0.29, 0.717) is 24.5 Å². The smallest absolute Gasteiger partial charge is 0.319 e. The maximum absolute atomic E-state index is 14.6. The van der Waals surface area contributed by atoms with Crippen LogP contribution in [0.4, 0.5) is 4.39 Å². The van der Waals surface area contributed by atoms with E-state index in [1.807, 2.05) is 0 Å². The monoisotopic (exact) mass is 465 g/mol. The molecule has 1 fully saturated rings. The number of nitrogens with zero attached hydrogens (tertiary/aromatic N) is 5. The van der Waals surface area contributed by atoms with Gasteiger partial charge in [0.15, 0.2) is 0 Å². The summed E-state index contributed by atoms with van der Waals surface area (Å²) in [6.07, 6.45) is 3.30. The zero-order valence-corrected chi connectivity index (χ0v) is 19.1. The van der Waals surface area contributed by atoms with E-state index in [-0.39, 0.29) is 23.9 Å². The lowest BCUT2D eigenvalue weighted by Crippen LogP contribution is -2.44. The molecule has 0 unspecified atom stereocenters. The molecule has 178 valence electrons. The fraction of sp³-hybridized carbons (Fsp3) is 0.375. The Labute approximate surface area is 197 Å². The fourth-order valence-corrected chi connectivity index (χ4v) is 3.65. The summed E-state index contributed by atoms with van der Waals surface area (Å²) >= 11 is 0. The number of nitrogens with one attached hydrogen (secondary N) is 2. The van der Waals surface area contributed by atoms with E-state index in [9.17, 15) is 9.18 Å². The third-order valence-corrected chi connectivity index (χ3v) is 5.50. The molecule has 10 heteroatoms. The molecule has 1 aliphatic heterocycles. The highest BCUT2D eigenvalue weighted by Gasteiger charge is 2.13. The molecule has 1 amide bonds. The molecule has 2 N–H and O–H groups in total. The van der Waals surface area contributed by atoms with Crippen molar-refractivity contribution in [3.63, 3.8) is 0 Å². The fourth-order valence-electron chi connectivity index (χ4n) is 3.65. The minimum atomic E-state index is -0.641. The molecular formula is C24H28FN7O2. The Hall–Kier alpha value is -3.50. The predicted octanol–water partition coefficient (Wildman–Crippen LogP) is 1.52. The number of benzene rings is 1. The summed E-state index contributed by atoms with van der Waals surface area (Å²) in [6.45, 7) is 7.17. The van der Waals surface area contributed by atoms with Gasteiger partial charge in [-0.25, -0.2) is 15.0 Å². The van der Waals surface area contributed by atoms with Crippen LogP contribution in [0.1, 0.15) is 17.1 Å². The van der Waals surface area contributed by atoms with Crippen LogP contribution < -0.4 is 15.4 Å². The molecule has 0 spiro atoms. The number of hydrogen-bond acceptors (Lipinski definition) is 8. The first-order valence-corrected chi connectivity index (χ1v) is 11.3. The predicted molar refractivity (Wildman–Crippen MR) is 125 cm³/mol. The molecule has 9 nitrogen and oxygen atoms in total. The van der Waals surface area contributed by atoms with Crippen LogP contribution in [0.25, 0.3) is 11.1 Å². The van der Waals surface area contributed by atoms with Gasteiger partial charge in [0, 0.05) is 45.1 Å². The van der Waals surface area contributed by atoms with Crippen LogP contribution in [0.5, 0.6) is 6.01 Å². The maximum Gasteiger partial charge on any atom is 0.319 e. The maximum atomic E-state index is 14.6. The Bertz CT molecular complexity index is 1100. The second-order valence-corrected chi connectivity index (χ2v) is 8.04. The van der Waals surface area contributed by atoms with E-state index < -0.39 is 5.95 Å². The van der Waals surface area contributed by atoms with Crippen LogP contribution in [-0.4, -0.2) is 70.1 Å². The Morgan fingerprint density at radius 1 is 1.15 bits per heavy atom. The number of halogens is 1. The van der Waals surface area contributed by atoms with E-state index >= 15 is 0 Å². The van der Waals surface area contributed by atoms with Crippen molar-refractivity contribution in [3.8, 4) is 17.1 Å². The summed E-state index contributed by atoms with van der Waals surface area (Å²) in [5.41, 5.74) is 2.48. The van der Waals surface area contributed by atoms with Gasteiger partial charge >= 0.3 is 6.01 Å². The van der Waals surface area contributed by atoms with E-state index in [4.69, 9.17) is 4.74 Å². The molecule has 4 rings (SSSR count). The van der Waals surface area contributed by atoms with Gasteiger partial charge in [-0.3, -0.25) is 9.69 Å². The highest BCUT2D eigenvalue weighted by Crippen LogP contribution is 2.22. The number of carbonyl (C=O) groups excluding carboxylic acids is 1. The first kappa shape index (κ1) is 23.7. The molecule has 1 aliphatic rings. The van der Waals surface area contributed by atoms with Gasteiger partial charge in [0.2, 0.25) is 11.9 Å². The Morgan fingerprint density at radius 3 is 2.68 bits per heavy atom. The summed E-state index contributed by atoms with van der Waals surface area (Å²) in [6, 6.07) is 8.89. The number of ether oxygens (including phenoxy) is 1. The molecule has 0 aliphatic carbocycles. The van der Waals surface area contributed by atoms with Crippen LogP contribution in [0, 0.1) is 12.9 Å². The highest BCUT2D eigenvalue weighted by molar-refractivity contribution is 5.78. The van der Waals surface area contributed by atoms with Crippen molar-refractivity contribution in [1.82, 2.24) is 35.5 Å². The zero-order valence-electron chi connectivity index (χ0n) is 19.1. The second kappa shape index (κ2) is 11.6. The minimum Gasteiger partial charge on any atom is -0.462 e. The lowest BCUT2D eigenvalue weighted by atomic mass is 10.0. The van der Waals surface area contributed by atoms with E-state index in [1.165, 1.54) is 6.20 Å². The summed E-state index contributed by atoms with van der Waals surface area (Å²) in [5, 5.41) is 6.14. The SMILES string of the molecule is Cc1nccc(CNC(=O)Cc2ccc(-c3cnc(OCCN4CCNCC4)nc3F)cc2)n1. The lowest BCUT2D eigenvalue weighted by Gasteiger charge is -2.26. The van der Waals surface area contributed by atoms with Crippen molar-refractivity contribution in [3.05, 3.63) is 65.8 Å². The molecule has 3 heterocycles. The molecule has 34 heavy (non-hydrogen) atoms. The van der Waals surface area contributed by atoms with Gasteiger partial charge in [0.1, 0.15) is 12.4 Å². The summed E-state index contributed by atoms with van der Waals surface area (Å²) in [5.74, 6) is -0.105. The third-order valence-electron chi connectivity index (χ3n) is 5.50. The van der Waals surface area contributed by atoms with Gasteiger partial charge in [-0.15, -0.1) is 0 Å². The first-order chi connectivity index (χ1) is 16.6. The molecule has 1 aromatic carbocycles. The average molecular weight is 466 g/mol. The van der Waals surface area contributed by atoms with Crippen molar-refractivity contribution in [2.24, 2.45) is 0 Å². The Balaban J connectivity index is 1.28. The van der Waals surface area contributed by atoms with Crippen LogP contribution in [-0.2, 0) is 17.8 Å². The molecule has 0 atom stereocenters. The highest BCUT2D eigenvalue weighted by atomic mass is 19.1. The number of aromatic nitrogens is 4. The third kappa shape index (κ3) is 6.75. The number of piperazine rings is 1. The molecule has 2 aromatic heterocycles.